The third-order valence-electron chi connectivity index (χ3n) is 16.0. The first-order valence-corrected chi connectivity index (χ1v) is 31.8. The van der Waals surface area contributed by atoms with Crippen LogP contribution in [0, 0.1) is 0 Å². The number of fused-ring (bicyclic) bond motifs is 2. The molecule has 7 unspecified atom stereocenters. The van der Waals surface area contributed by atoms with Gasteiger partial charge in [-0.3, -0.25) is 28.7 Å². The minimum atomic E-state index is -3.13. The molecule has 2 saturated heterocycles. The number of carboxylic acid groups (broad SMARTS) is 1. The summed E-state index contributed by atoms with van der Waals surface area (Å²) in [7, 11) is 3.93. The molecule has 1 amide bonds. The van der Waals surface area contributed by atoms with Gasteiger partial charge in [0, 0.05) is 92.0 Å². The number of hydrogen-bond donors (Lipinski definition) is 11. The standard InChI is InChI=1S/C67H82N6O19S/c1-73(2)44-26-23-42(24-27-44)72-71-41-21-19-40(20-22-41)63(83)68-33-15-11-7-4-6-10-14-18-56(78)90-57-38-51(76)62(82)67(86,91-57)92-65-61(81)60(80)59(79)54(89-65)39-87-55(77)17-13-9-5-3-8-12-16-34-69-66(93)70-43-25-30-47(50(35-43)64(84)85)58-48-31-28-45(74)36-52(48)88-53-37-46(75)29-32-49(53)58/h19-32,35-37,51,54,57,59-62,65,74,76,79-82,86H,3-18,33-34,38-39H2,1-2H3,(H,68,83)(H,84,85)(H2,69,70,93)/t51-,54?,57?,59?,60?,61?,62?,65?,67+/m1/s1. The van der Waals surface area contributed by atoms with Gasteiger partial charge in [0.15, 0.2) is 22.9 Å². The molecule has 500 valence electrons. The second-order valence-electron chi connectivity index (χ2n) is 23.4. The Kier molecular flexibility index (Phi) is 26.1. The number of aromatic carboxylic acids is 1. The fourth-order valence-electron chi connectivity index (χ4n) is 10.8. The number of carboxylic acids is 1. The summed E-state index contributed by atoms with van der Waals surface area (Å²) in [4.78, 5) is 65.0. The van der Waals surface area contributed by atoms with E-state index in [-0.39, 0.29) is 46.8 Å². The normalized spacial score (nSPS) is 21.3. The molecular formula is C67H82N6O19S. The van der Waals surface area contributed by atoms with Crippen molar-refractivity contribution in [2.24, 2.45) is 10.2 Å². The van der Waals surface area contributed by atoms with Gasteiger partial charge in [-0.15, -0.1) is 0 Å². The van der Waals surface area contributed by atoms with Gasteiger partial charge >= 0.3 is 23.9 Å². The van der Waals surface area contributed by atoms with Crippen LogP contribution < -0.4 is 26.3 Å². The van der Waals surface area contributed by atoms with Crippen LogP contribution in [0.2, 0.25) is 0 Å². The van der Waals surface area contributed by atoms with Gasteiger partial charge in [0.1, 0.15) is 48.1 Å². The van der Waals surface area contributed by atoms with Crippen LogP contribution >= 0.6 is 12.2 Å². The highest BCUT2D eigenvalue weighted by Crippen LogP contribution is 2.43. The van der Waals surface area contributed by atoms with E-state index in [2.05, 4.69) is 26.2 Å². The van der Waals surface area contributed by atoms with Crippen LogP contribution in [0.3, 0.4) is 0 Å². The average Bonchev–Trinajstić information content (AvgIpc) is 0.909. The number of nitrogens with zero attached hydrogens (tertiary/aromatic N) is 3. The van der Waals surface area contributed by atoms with Crippen molar-refractivity contribution in [3.63, 3.8) is 0 Å². The molecule has 1 aliphatic carbocycles. The highest BCUT2D eigenvalue weighted by Gasteiger charge is 2.56. The molecule has 0 bridgehead atoms. The number of aromatic hydroxyl groups is 1. The Labute approximate surface area is 542 Å². The molecule has 4 aromatic carbocycles. The molecule has 3 heterocycles. The number of hydrogen-bond acceptors (Lipinski definition) is 22. The quantitative estimate of drug-likeness (QED) is 0.00471. The first-order chi connectivity index (χ1) is 44.7. The summed E-state index contributed by atoms with van der Waals surface area (Å²) < 4.78 is 33.0. The van der Waals surface area contributed by atoms with Gasteiger partial charge in [0.25, 0.3) is 5.91 Å². The van der Waals surface area contributed by atoms with Crippen LogP contribution in [0.1, 0.15) is 130 Å². The molecule has 93 heavy (non-hydrogen) atoms. The number of rotatable bonds is 32. The summed E-state index contributed by atoms with van der Waals surface area (Å²) in [6.45, 7) is 0.493. The second-order valence-corrected chi connectivity index (χ2v) is 23.8. The van der Waals surface area contributed by atoms with Gasteiger partial charge in [-0.1, -0.05) is 70.3 Å². The summed E-state index contributed by atoms with van der Waals surface area (Å²) in [5.74, 6) is -5.65. The minimum Gasteiger partial charge on any atom is -0.508 e. The third-order valence-corrected chi connectivity index (χ3v) is 16.3. The van der Waals surface area contributed by atoms with Gasteiger partial charge in [-0.05, 0) is 128 Å². The smallest absolute Gasteiger partial charge is 0.336 e. The predicted molar refractivity (Wildman–Crippen MR) is 346 cm³/mol. The van der Waals surface area contributed by atoms with Crippen molar-refractivity contribution in [1.82, 2.24) is 10.6 Å². The van der Waals surface area contributed by atoms with Gasteiger partial charge in [0.2, 0.25) is 6.29 Å². The molecule has 0 spiro atoms. The molecule has 26 heteroatoms. The Bertz CT molecular complexity index is 3540. The summed E-state index contributed by atoms with van der Waals surface area (Å²) in [5.41, 5.74) is 4.76. The molecule has 0 aromatic heterocycles. The zero-order chi connectivity index (χ0) is 66.6. The largest absolute Gasteiger partial charge is 0.508 e. The van der Waals surface area contributed by atoms with Crippen molar-refractivity contribution >= 4 is 74.9 Å². The number of aliphatic hydroxyl groups is 6. The number of amides is 1. The number of phenols is 1. The number of nitrogens with one attached hydrogen (secondary N) is 3. The number of phenolic OH excluding ortho intramolecular Hbond substituents is 1. The Hall–Kier alpha value is -8.02. The molecule has 4 aliphatic rings. The lowest BCUT2D eigenvalue weighted by Gasteiger charge is -2.46. The number of carbonyl (C=O) groups excluding carboxylic acids is 3. The van der Waals surface area contributed by atoms with Crippen molar-refractivity contribution in [3.8, 4) is 28.2 Å². The Morgan fingerprint density at radius 3 is 1.94 bits per heavy atom. The van der Waals surface area contributed by atoms with E-state index in [1.807, 2.05) is 43.3 Å². The number of unbranched alkanes of at least 4 members (excludes halogenated alkanes) is 12. The average molecular weight is 1310 g/mol. The van der Waals surface area contributed by atoms with E-state index in [1.165, 1.54) is 30.3 Å². The Balaban J connectivity index is 0.655. The molecular weight excluding hydrogens is 1220 g/mol. The van der Waals surface area contributed by atoms with Crippen molar-refractivity contribution < 1.29 is 88.1 Å². The molecule has 3 aliphatic heterocycles. The lowest BCUT2D eigenvalue weighted by atomic mass is 9.90. The van der Waals surface area contributed by atoms with E-state index >= 15 is 0 Å². The van der Waals surface area contributed by atoms with Crippen LogP contribution in [-0.2, 0) is 33.3 Å². The molecule has 0 saturated carbocycles. The van der Waals surface area contributed by atoms with E-state index in [9.17, 15) is 64.8 Å². The number of carbonyl (C=O) groups is 4. The van der Waals surface area contributed by atoms with Crippen molar-refractivity contribution in [2.75, 3.05) is 44.0 Å². The number of benzene rings is 5. The van der Waals surface area contributed by atoms with Crippen molar-refractivity contribution in [3.05, 3.63) is 124 Å². The maximum Gasteiger partial charge on any atom is 0.336 e. The van der Waals surface area contributed by atoms with Crippen LogP contribution in [0.5, 0.6) is 5.75 Å². The fraction of sp³-hybridized carbons (Fsp3) is 0.463. The molecule has 25 nitrogen and oxygen atoms in total. The number of thiocarbonyl (C=S) groups is 1. The number of aliphatic hydroxyl groups excluding tert-OH is 5. The summed E-state index contributed by atoms with van der Waals surface area (Å²) in [6.07, 6.45) is -4.06. The maximum atomic E-state index is 12.8. The van der Waals surface area contributed by atoms with Crippen molar-refractivity contribution in [1.29, 1.82) is 0 Å². The molecule has 4 aromatic rings. The third kappa shape index (κ3) is 20.2. The van der Waals surface area contributed by atoms with Gasteiger partial charge < -0.3 is 80.3 Å². The van der Waals surface area contributed by atoms with E-state index in [1.54, 1.807) is 48.5 Å². The molecule has 8 rings (SSSR count). The molecule has 0 radical (unpaired) electrons. The Morgan fingerprint density at radius 2 is 1.29 bits per heavy atom. The highest BCUT2D eigenvalue weighted by molar-refractivity contribution is 7.80. The van der Waals surface area contributed by atoms with Gasteiger partial charge in [-0.2, -0.15) is 10.2 Å². The maximum absolute atomic E-state index is 12.8. The lowest BCUT2D eigenvalue weighted by Crippen LogP contribution is -2.66. The highest BCUT2D eigenvalue weighted by atomic mass is 32.1. The molecule has 11 N–H and O–H groups in total. The van der Waals surface area contributed by atoms with Crippen LogP contribution in [-0.4, -0.2) is 159 Å². The van der Waals surface area contributed by atoms with Gasteiger partial charge in [0.05, 0.1) is 23.0 Å². The number of azo groups is 1. The summed E-state index contributed by atoms with van der Waals surface area (Å²) in [5, 5.41) is 104. The second kappa shape index (κ2) is 34.2. The van der Waals surface area contributed by atoms with Crippen LogP contribution in [0.4, 0.5) is 22.7 Å². The number of anilines is 2. The lowest BCUT2D eigenvalue weighted by molar-refractivity contribution is -0.493. The van der Waals surface area contributed by atoms with E-state index in [0.29, 0.717) is 76.5 Å². The first kappa shape index (κ1) is 70.8. The first-order valence-electron chi connectivity index (χ1n) is 31.3. The topological polar surface area (TPSA) is 371 Å². The Morgan fingerprint density at radius 1 is 0.688 bits per heavy atom. The molecule has 2 fully saturated rings. The zero-order valence-electron chi connectivity index (χ0n) is 51.9. The molecule has 9 atom stereocenters. The summed E-state index contributed by atoms with van der Waals surface area (Å²) in [6, 6.07) is 28.2. The van der Waals surface area contributed by atoms with E-state index in [4.69, 9.17) is 40.3 Å². The van der Waals surface area contributed by atoms with Crippen LogP contribution in [0.25, 0.3) is 33.4 Å². The monoisotopic (exact) mass is 1310 g/mol. The fourth-order valence-corrected chi connectivity index (χ4v) is 11.1. The number of esters is 2. The zero-order valence-corrected chi connectivity index (χ0v) is 52.7. The number of ether oxygens (including phenoxy) is 5. The van der Waals surface area contributed by atoms with E-state index < -0.39 is 86.1 Å². The van der Waals surface area contributed by atoms with Crippen molar-refractivity contribution in [2.45, 2.75) is 164 Å². The predicted octanol–water partition coefficient (Wildman–Crippen LogP) is 8.43. The SMILES string of the molecule is CN(C)c1ccc(N=Nc2ccc(C(=O)NCCCCCCCCCC(=O)OC3C[C@@H](O)C(O)[C@@](O)(OC4OC(COC(=O)CCCCCCCCCNC(=S)Nc5ccc(-c6c7ccc(=O)cc-7oc7cc(O)ccc67)c(C(=O)O)c5)C(O)C(O)C4O)O3)cc2)cc1. The minimum absolute atomic E-state index is 0.0139. The summed E-state index contributed by atoms with van der Waals surface area (Å²) >= 11 is 5.50. The van der Waals surface area contributed by atoms with E-state index in [0.717, 1.165) is 82.0 Å². The van der Waals surface area contributed by atoms with Gasteiger partial charge in [-0.25, -0.2) is 4.79 Å². The van der Waals surface area contributed by atoms with Crippen LogP contribution in [0.15, 0.2) is 123 Å².